The normalized spacial score (nSPS) is 10.6. The average molecular weight is 407 g/mol. The van der Waals surface area contributed by atoms with Crippen LogP contribution >= 0.6 is 23.4 Å². The van der Waals surface area contributed by atoms with E-state index < -0.39 is 5.97 Å². The molecule has 2 rings (SSSR count). The van der Waals surface area contributed by atoms with E-state index in [9.17, 15) is 9.59 Å². The van der Waals surface area contributed by atoms with E-state index >= 15 is 0 Å². The second-order valence-electron chi connectivity index (χ2n) is 5.28. The third-order valence-corrected chi connectivity index (χ3v) is 4.54. The Morgan fingerprint density at radius 1 is 1.15 bits per heavy atom. The van der Waals surface area contributed by atoms with Gasteiger partial charge in [0.25, 0.3) is 0 Å². The first kappa shape index (κ1) is 20.8. The van der Waals surface area contributed by atoms with Crippen molar-refractivity contribution in [3.8, 4) is 5.75 Å². The molecule has 0 aromatic heterocycles. The van der Waals surface area contributed by atoms with Gasteiger partial charge >= 0.3 is 5.97 Å². The maximum atomic E-state index is 11.8. The SMILES string of the molecule is COC(=O)COc1ccc(C=NNC(=O)CCSc2ccc(Cl)cc2)cc1. The predicted octanol–water partition coefficient (Wildman–Crippen LogP) is 3.52. The number of nitrogens with one attached hydrogen (secondary N) is 1. The zero-order valence-electron chi connectivity index (χ0n) is 14.7. The van der Waals surface area contributed by atoms with Crippen LogP contribution < -0.4 is 10.2 Å². The fourth-order valence-corrected chi connectivity index (χ4v) is 2.86. The number of ether oxygens (including phenoxy) is 2. The van der Waals surface area contributed by atoms with E-state index in [1.807, 2.05) is 24.3 Å². The van der Waals surface area contributed by atoms with E-state index in [0.717, 1.165) is 10.5 Å². The van der Waals surface area contributed by atoms with Crippen LogP contribution in [0.1, 0.15) is 12.0 Å². The first-order valence-corrected chi connectivity index (χ1v) is 9.43. The van der Waals surface area contributed by atoms with Gasteiger partial charge in [0.05, 0.1) is 13.3 Å². The van der Waals surface area contributed by atoms with Crippen molar-refractivity contribution in [1.82, 2.24) is 5.43 Å². The molecule has 142 valence electrons. The van der Waals surface area contributed by atoms with Crippen molar-refractivity contribution in [2.24, 2.45) is 5.10 Å². The molecule has 0 bridgehead atoms. The van der Waals surface area contributed by atoms with Gasteiger partial charge in [-0.3, -0.25) is 4.79 Å². The van der Waals surface area contributed by atoms with Crippen LogP contribution in [0.25, 0.3) is 0 Å². The molecule has 0 unspecified atom stereocenters. The van der Waals surface area contributed by atoms with Crippen LogP contribution in [-0.4, -0.2) is 37.6 Å². The Hall–Kier alpha value is -2.51. The molecule has 0 saturated carbocycles. The van der Waals surface area contributed by atoms with Crippen molar-refractivity contribution >= 4 is 41.5 Å². The van der Waals surface area contributed by atoms with Gasteiger partial charge in [0.1, 0.15) is 5.75 Å². The fraction of sp³-hybridized carbons (Fsp3) is 0.211. The van der Waals surface area contributed by atoms with Crippen molar-refractivity contribution in [3.05, 3.63) is 59.1 Å². The smallest absolute Gasteiger partial charge is 0.343 e. The minimum atomic E-state index is -0.447. The van der Waals surface area contributed by atoms with E-state index in [2.05, 4.69) is 15.3 Å². The van der Waals surface area contributed by atoms with Gasteiger partial charge in [0.2, 0.25) is 5.91 Å². The summed E-state index contributed by atoms with van der Waals surface area (Å²) >= 11 is 7.41. The van der Waals surface area contributed by atoms with Gasteiger partial charge in [-0.05, 0) is 54.1 Å². The number of hydrazone groups is 1. The second-order valence-corrected chi connectivity index (χ2v) is 6.88. The van der Waals surface area contributed by atoms with E-state index in [-0.39, 0.29) is 12.5 Å². The molecule has 1 N–H and O–H groups in total. The van der Waals surface area contributed by atoms with Crippen molar-refractivity contribution in [3.63, 3.8) is 0 Å². The summed E-state index contributed by atoms with van der Waals surface area (Å²) in [7, 11) is 1.30. The van der Waals surface area contributed by atoms with E-state index in [4.69, 9.17) is 16.3 Å². The van der Waals surface area contributed by atoms with Crippen molar-refractivity contribution in [2.45, 2.75) is 11.3 Å². The number of rotatable bonds is 9. The lowest BCUT2D eigenvalue weighted by atomic mass is 10.2. The van der Waals surface area contributed by atoms with Crippen molar-refractivity contribution in [2.75, 3.05) is 19.5 Å². The molecule has 0 aliphatic heterocycles. The Bertz CT molecular complexity index is 779. The van der Waals surface area contributed by atoms with Gasteiger partial charge < -0.3 is 9.47 Å². The number of hydrogen-bond donors (Lipinski definition) is 1. The monoisotopic (exact) mass is 406 g/mol. The number of esters is 1. The maximum Gasteiger partial charge on any atom is 0.343 e. The topological polar surface area (TPSA) is 77.0 Å². The predicted molar refractivity (Wildman–Crippen MR) is 106 cm³/mol. The third kappa shape index (κ3) is 8.15. The lowest BCUT2D eigenvalue weighted by molar-refractivity contribution is -0.142. The third-order valence-electron chi connectivity index (χ3n) is 3.28. The van der Waals surface area contributed by atoms with Gasteiger partial charge in [-0.1, -0.05) is 11.6 Å². The molecule has 8 heteroatoms. The molecule has 1 amide bonds. The molecule has 2 aromatic rings. The van der Waals surface area contributed by atoms with E-state index in [1.165, 1.54) is 13.3 Å². The van der Waals surface area contributed by atoms with Gasteiger partial charge in [0, 0.05) is 22.1 Å². The summed E-state index contributed by atoms with van der Waals surface area (Å²) in [6.45, 7) is -0.145. The van der Waals surface area contributed by atoms with Gasteiger partial charge in [0.15, 0.2) is 6.61 Å². The quantitative estimate of drug-likeness (QED) is 0.298. The van der Waals surface area contributed by atoms with Crippen LogP contribution in [0.2, 0.25) is 5.02 Å². The highest BCUT2D eigenvalue weighted by Crippen LogP contribution is 2.20. The zero-order chi connectivity index (χ0) is 19.5. The molecular weight excluding hydrogens is 388 g/mol. The molecule has 0 radical (unpaired) electrons. The van der Waals surface area contributed by atoms with Crippen molar-refractivity contribution < 1.29 is 19.1 Å². The number of methoxy groups -OCH3 is 1. The molecule has 6 nitrogen and oxygen atoms in total. The molecule has 0 heterocycles. The molecule has 27 heavy (non-hydrogen) atoms. The van der Waals surface area contributed by atoms with Crippen LogP contribution in [-0.2, 0) is 14.3 Å². The summed E-state index contributed by atoms with van der Waals surface area (Å²) in [6.07, 6.45) is 1.89. The van der Waals surface area contributed by atoms with Crippen LogP contribution in [0.4, 0.5) is 0 Å². The van der Waals surface area contributed by atoms with Gasteiger partial charge in [-0.2, -0.15) is 5.10 Å². The number of carbonyl (C=O) groups excluding carboxylic acids is 2. The number of carbonyl (C=O) groups is 2. The summed E-state index contributed by atoms with van der Waals surface area (Å²) in [4.78, 5) is 23.9. The Morgan fingerprint density at radius 2 is 1.85 bits per heavy atom. The summed E-state index contributed by atoms with van der Waals surface area (Å²) in [5.74, 6) is 0.582. The number of benzene rings is 2. The zero-order valence-corrected chi connectivity index (χ0v) is 16.3. The van der Waals surface area contributed by atoms with Gasteiger partial charge in [-0.15, -0.1) is 11.8 Å². The van der Waals surface area contributed by atoms with Gasteiger partial charge in [-0.25, -0.2) is 10.2 Å². The highest BCUT2D eigenvalue weighted by molar-refractivity contribution is 7.99. The highest BCUT2D eigenvalue weighted by Gasteiger charge is 2.02. The van der Waals surface area contributed by atoms with E-state index in [0.29, 0.717) is 22.9 Å². The molecule has 2 aromatic carbocycles. The first-order chi connectivity index (χ1) is 13.1. The molecular formula is C19H19ClN2O4S. The highest BCUT2D eigenvalue weighted by atomic mass is 35.5. The molecule has 0 aliphatic rings. The number of amides is 1. The van der Waals surface area contributed by atoms with Crippen LogP contribution in [0.5, 0.6) is 5.75 Å². The van der Waals surface area contributed by atoms with Crippen molar-refractivity contribution in [1.29, 1.82) is 0 Å². The Kier molecular flexibility index (Phi) is 8.67. The Morgan fingerprint density at radius 3 is 2.52 bits per heavy atom. The number of halogens is 1. The first-order valence-electron chi connectivity index (χ1n) is 8.07. The second kappa shape index (κ2) is 11.3. The molecule has 0 saturated heterocycles. The Balaban J connectivity index is 1.68. The standard InChI is InChI=1S/C19H19ClN2O4S/c1-25-19(24)13-26-16-6-2-14(3-7-16)12-21-22-18(23)10-11-27-17-8-4-15(20)5-9-17/h2-9,12H,10-11,13H2,1H3,(H,22,23). The molecule has 0 atom stereocenters. The number of hydrogen-bond acceptors (Lipinski definition) is 6. The average Bonchev–Trinajstić information content (AvgIpc) is 2.68. The van der Waals surface area contributed by atoms with E-state index in [1.54, 1.807) is 36.0 Å². The number of nitrogens with zero attached hydrogens (tertiary/aromatic N) is 1. The summed E-state index contributed by atoms with van der Waals surface area (Å²) < 4.78 is 9.74. The fourth-order valence-electron chi connectivity index (χ4n) is 1.88. The minimum Gasteiger partial charge on any atom is -0.482 e. The summed E-state index contributed by atoms with van der Waals surface area (Å²) in [6, 6.07) is 14.4. The lowest BCUT2D eigenvalue weighted by Crippen LogP contribution is -2.17. The molecule has 0 spiro atoms. The largest absolute Gasteiger partial charge is 0.482 e. The summed E-state index contributed by atoms with van der Waals surface area (Å²) in [5.41, 5.74) is 3.28. The maximum absolute atomic E-state index is 11.8. The van der Waals surface area contributed by atoms with Crippen LogP contribution in [0.3, 0.4) is 0 Å². The minimum absolute atomic E-state index is 0.145. The lowest BCUT2D eigenvalue weighted by Gasteiger charge is -2.04. The Labute approximate surface area is 166 Å². The van der Waals surface area contributed by atoms with Crippen LogP contribution in [0.15, 0.2) is 58.5 Å². The number of thioether (sulfide) groups is 1. The molecule has 0 aliphatic carbocycles. The summed E-state index contributed by atoms with van der Waals surface area (Å²) in [5, 5.41) is 4.62. The molecule has 0 fully saturated rings. The van der Waals surface area contributed by atoms with Crippen LogP contribution in [0, 0.1) is 0 Å².